The summed E-state index contributed by atoms with van der Waals surface area (Å²) < 4.78 is 10.7. The molecule has 55 heavy (non-hydrogen) atoms. The van der Waals surface area contributed by atoms with Gasteiger partial charge in [0.05, 0.1) is 48.1 Å². The number of ether oxygens (including phenoxy) is 2. The van der Waals surface area contributed by atoms with E-state index >= 15 is 0 Å². The summed E-state index contributed by atoms with van der Waals surface area (Å²) in [5, 5.41) is 4.31. The Morgan fingerprint density at radius 3 is 1.75 bits per heavy atom. The standard InChI is InChI=1S/C43H51N9O3/c1-53-24-22-51-18-10-31(11-19-51)42-47-38(29-6-14-44-15-7-29)40(49-42)33-4-5-35-34(26-33)27-36(37(35)28-46-55-3)41-39(30-8-16-45-17-9-30)48-43(50-41)32-12-20-52(21-13-32)23-25-54-2/h4-9,14-17,26-28,31-32,37H,10-13,18-25H2,1-3H3,(H,47,49)(H,48,50). The largest absolute Gasteiger partial charge is 0.399 e. The summed E-state index contributed by atoms with van der Waals surface area (Å²) in [5.74, 6) is 2.64. The van der Waals surface area contributed by atoms with Crippen LogP contribution in [0.5, 0.6) is 0 Å². The highest BCUT2D eigenvalue weighted by atomic mass is 16.6. The van der Waals surface area contributed by atoms with Gasteiger partial charge in [0.1, 0.15) is 18.8 Å². The third-order valence-electron chi connectivity index (χ3n) is 11.5. The Morgan fingerprint density at radius 2 is 1.22 bits per heavy atom. The first kappa shape index (κ1) is 36.9. The van der Waals surface area contributed by atoms with Crippen LogP contribution in [0.25, 0.3) is 45.4 Å². The number of piperidine rings is 2. The summed E-state index contributed by atoms with van der Waals surface area (Å²) in [6, 6.07) is 14.9. The number of aromatic amines is 2. The van der Waals surface area contributed by atoms with Gasteiger partial charge in [0.25, 0.3) is 0 Å². The van der Waals surface area contributed by atoms with Crippen LogP contribution in [-0.2, 0) is 14.3 Å². The van der Waals surface area contributed by atoms with Gasteiger partial charge in [-0.05, 0) is 105 Å². The van der Waals surface area contributed by atoms with Crippen molar-refractivity contribution in [3.63, 3.8) is 0 Å². The zero-order valence-electron chi connectivity index (χ0n) is 32.1. The Labute approximate surface area is 323 Å². The van der Waals surface area contributed by atoms with Crippen LogP contribution in [0.15, 0.2) is 72.4 Å². The van der Waals surface area contributed by atoms with E-state index in [1.165, 1.54) is 0 Å². The average molecular weight is 742 g/mol. The van der Waals surface area contributed by atoms with Gasteiger partial charge < -0.3 is 34.1 Å². The van der Waals surface area contributed by atoms with Crippen LogP contribution in [0, 0.1) is 0 Å². The number of H-pyrrole nitrogens is 2. The molecule has 12 nitrogen and oxygen atoms in total. The van der Waals surface area contributed by atoms with Crippen LogP contribution < -0.4 is 0 Å². The lowest BCUT2D eigenvalue weighted by Crippen LogP contribution is -2.35. The van der Waals surface area contributed by atoms with Gasteiger partial charge in [0.15, 0.2) is 0 Å². The van der Waals surface area contributed by atoms with Gasteiger partial charge >= 0.3 is 0 Å². The van der Waals surface area contributed by atoms with Crippen molar-refractivity contribution in [1.29, 1.82) is 0 Å². The molecule has 2 fully saturated rings. The van der Waals surface area contributed by atoms with Gasteiger partial charge in [-0.1, -0.05) is 17.3 Å². The Hall–Kier alpha value is -5.01. The molecule has 5 aromatic rings. The number of oxime groups is 1. The highest BCUT2D eigenvalue weighted by Gasteiger charge is 2.33. The Kier molecular flexibility index (Phi) is 11.6. The van der Waals surface area contributed by atoms with E-state index in [1.54, 1.807) is 21.3 Å². The number of allylic oxidation sites excluding steroid dienone is 1. The summed E-state index contributed by atoms with van der Waals surface area (Å²) in [4.78, 5) is 37.1. The predicted molar refractivity (Wildman–Crippen MR) is 216 cm³/mol. The molecule has 0 bridgehead atoms. The van der Waals surface area contributed by atoms with Crippen LogP contribution in [-0.4, -0.2) is 120 Å². The number of nitrogens with one attached hydrogen (secondary N) is 2. The summed E-state index contributed by atoms with van der Waals surface area (Å²) in [6.45, 7) is 7.57. The molecule has 4 aromatic heterocycles. The zero-order chi connectivity index (χ0) is 37.6. The second-order valence-corrected chi connectivity index (χ2v) is 14.7. The van der Waals surface area contributed by atoms with Gasteiger partial charge in [0.2, 0.25) is 0 Å². The molecule has 1 aliphatic carbocycles. The van der Waals surface area contributed by atoms with Gasteiger partial charge in [-0.3, -0.25) is 9.97 Å². The molecule has 8 rings (SSSR count). The number of imidazole rings is 2. The molecule has 2 aliphatic heterocycles. The normalized spacial score (nSPS) is 18.6. The summed E-state index contributed by atoms with van der Waals surface area (Å²) in [5.41, 5.74) is 10.4. The SMILES string of the molecule is COCCN1CCC(c2nc(C3=Cc4cc(-c5nc(C6CCN(CCOC)CC6)[nH]c5-c5ccncc5)ccc4C3C=NOC)c(-c3ccncc3)[nH]2)CC1. The van der Waals surface area contributed by atoms with Gasteiger partial charge in [-0.2, -0.15) is 0 Å². The van der Waals surface area contributed by atoms with E-state index in [9.17, 15) is 0 Å². The van der Waals surface area contributed by atoms with E-state index in [4.69, 9.17) is 24.3 Å². The molecule has 3 aliphatic rings. The number of nitrogens with zero attached hydrogens (tertiary/aromatic N) is 7. The van der Waals surface area contributed by atoms with Crippen LogP contribution in [0.2, 0.25) is 0 Å². The fourth-order valence-electron chi connectivity index (χ4n) is 8.40. The monoisotopic (exact) mass is 741 g/mol. The number of hydrogen-bond donors (Lipinski definition) is 2. The van der Waals surface area contributed by atoms with E-state index in [0.717, 1.165) is 146 Å². The Morgan fingerprint density at radius 1 is 0.691 bits per heavy atom. The van der Waals surface area contributed by atoms with Gasteiger partial charge in [0, 0.05) is 80.6 Å². The highest BCUT2D eigenvalue weighted by Crippen LogP contribution is 2.46. The fraction of sp³-hybridized carbons (Fsp3) is 0.419. The number of pyridine rings is 2. The Bertz CT molecular complexity index is 2080. The molecule has 2 saturated heterocycles. The van der Waals surface area contributed by atoms with Gasteiger partial charge in [-0.25, -0.2) is 9.97 Å². The number of rotatable bonds is 14. The van der Waals surface area contributed by atoms with Crippen molar-refractivity contribution >= 4 is 17.9 Å². The molecule has 1 unspecified atom stereocenters. The van der Waals surface area contributed by atoms with Crippen LogP contribution in [0.4, 0.5) is 0 Å². The molecule has 2 N–H and O–H groups in total. The second-order valence-electron chi connectivity index (χ2n) is 14.7. The summed E-state index contributed by atoms with van der Waals surface area (Å²) >= 11 is 0. The van der Waals surface area contributed by atoms with E-state index in [0.29, 0.717) is 11.8 Å². The maximum absolute atomic E-state index is 5.41. The third-order valence-corrected chi connectivity index (χ3v) is 11.5. The molecule has 286 valence electrons. The molecule has 1 aromatic carbocycles. The molecular formula is C43H51N9O3. The van der Waals surface area contributed by atoms with Crippen molar-refractivity contribution < 1.29 is 14.3 Å². The smallest absolute Gasteiger partial charge is 0.110 e. The lowest BCUT2D eigenvalue weighted by Gasteiger charge is -2.30. The van der Waals surface area contributed by atoms with Crippen molar-refractivity contribution in [2.24, 2.45) is 5.16 Å². The summed E-state index contributed by atoms with van der Waals surface area (Å²) in [7, 11) is 5.12. The first-order valence-electron chi connectivity index (χ1n) is 19.5. The van der Waals surface area contributed by atoms with Crippen molar-refractivity contribution in [3.8, 4) is 33.8 Å². The number of methoxy groups -OCH3 is 2. The topological polar surface area (TPSA) is 130 Å². The lowest BCUT2D eigenvalue weighted by atomic mass is 9.92. The lowest BCUT2D eigenvalue weighted by molar-refractivity contribution is 0.129. The third kappa shape index (κ3) is 8.04. The van der Waals surface area contributed by atoms with E-state index in [1.807, 2.05) is 43.1 Å². The number of benzene rings is 1. The van der Waals surface area contributed by atoms with Gasteiger partial charge in [-0.15, -0.1) is 0 Å². The molecule has 0 amide bonds. The molecule has 0 spiro atoms. The number of aromatic nitrogens is 6. The van der Waals surface area contributed by atoms with Crippen LogP contribution in [0.3, 0.4) is 0 Å². The van der Waals surface area contributed by atoms with Crippen molar-refractivity contribution in [1.82, 2.24) is 39.7 Å². The van der Waals surface area contributed by atoms with Crippen LogP contribution >= 0.6 is 0 Å². The summed E-state index contributed by atoms with van der Waals surface area (Å²) in [6.07, 6.45) is 15.7. The zero-order valence-corrected chi connectivity index (χ0v) is 32.1. The first-order valence-corrected chi connectivity index (χ1v) is 19.5. The van der Waals surface area contributed by atoms with Crippen molar-refractivity contribution in [3.05, 3.63) is 95.7 Å². The minimum Gasteiger partial charge on any atom is -0.399 e. The molecule has 0 saturated carbocycles. The predicted octanol–water partition coefficient (Wildman–Crippen LogP) is 6.85. The minimum atomic E-state index is -0.144. The maximum Gasteiger partial charge on any atom is 0.110 e. The average Bonchev–Trinajstić information content (AvgIpc) is 3.98. The quantitative estimate of drug-likeness (QED) is 0.0928. The number of likely N-dealkylation sites (tertiary alicyclic amines) is 2. The number of fused-ring (bicyclic) bond motifs is 1. The van der Waals surface area contributed by atoms with Crippen molar-refractivity contribution in [2.45, 2.75) is 43.4 Å². The highest BCUT2D eigenvalue weighted by molar-refractivity contribution is 6.03. The molecule has 12 heteroatoms. The Balaban J connectivity index is 1.15. The van der Waals surface area contributed by atoms with E-state index < -0.39 is 0 Å². The minimum absolute atomic E-state index is 0.144. The van der Waals surface area contributed by atoms with Crippen LogP contribution in [0.1, 0.15) is 71.9 Å². The second kappa shape index (κ2) is 17.2. The maximum atomic E-state index is 5.41. The van der Waals surface area contributed by atoms with E-state index in [2.05, 4.69) is 71.3 Å². The van der Waals surface area contributed by atoms with E-state index in [-0.39, 0.29) is 5.92 Å². The fourth-order valence-corrected chi connectivity index (χ4v) is 8.40. The number of hydrogen-bond acceptors (Lipinski definition) is 10. The molecule has 0 radical (unpaired) electrons. The first-order chi connectivity index (χ1) is 27.1. The molecule has 1 atom stereocenters. The van der Waals surface area contributed by atoms with Crippen molar-refractivity contribution in [2.75, 3.05) is 73.8 Å². The molecule has 6 heterocycles. The molecular weight excluding hydrogens is 691 g/mol.